The second-order valence-electron chi connectivity index (χ2n) is 7.50. The van der Waals surface area contributed by atoms with Gasteiger partial charge in [-0.3, -0.25) is 9.69 Å². The van der Waals surface area contributed by atoms with E-state index in [0.29, 0.717) is 38.3 Å². The average molecular weight is 392 g/mol. The predicted molar refractivity (Wildman–Crippen MR) is 106 cm³/mol. The number of amides is 1. The molecule has 150 valence electrons. The first-order valence-electron chi connectivity index (χ1n) is 9.87. The molecule has 0 unspecified atom stereocenters. The van der Waals surface area contributed by atoms with Gasteiger partial charge in [-0.15, -0.1) is 0 Å². The van der Waals surface area contributed by atoms with Gasteiger partial charge in [0.25, 0.3) is 5.91 Å². The van der Waals surface area contributed by atoms with Crippen LogP contribution in [0.1, 0.15) is 28.0 Å². The lowest BCUT2D eigenvalue weighted by molar-refractivity contribution is -0.112. The van der Waals surface area contributed by atoms with Crippen molar-refractivity contribution in [2.45, 2.75) is 18.1 Å². The number of pyridine rings is 1. The van der Waals surface area contributed by atoms with E-state index in [4.69, 9.17) is 10.00 Å². The van der Waals surface area contributed by atoms with Crippen LogP contribution in [-0.4, -0.2) is 71.2 Å². The Bertz CT molecular complexity index is 891. The zero-order chi connectivity index (χ0) is 20.3. The summed E-state index contributed by atoms with van der Waals surface area (Å²) in [5, 5.41) is 20.6. The summed E-state index contributed by atoms with van der Waals surface area (Å²) < 4.78 is 5.49. The maximum atomic E-state index is 13.1. The molecule has 7 nitrogen and oxygen atoms in total. The normalized spacial score (nSPS) is 25.4. The number of rotatable bonds is 3. The van der Waals surface area contributed by atoms with Crippen molar-refractivity contribution in [1.29, 1.82) is 5.26 Å². The first-order valence-corrected chi connectivity index (χ1v) is 9.87. The SMILES string of the molecule is N#Cc1ccc(C(=O)N2CC[C@](O)(c3ccccc3)[C@H](N3CCOCC3)C2)cn1. The smallest absolute Gasteiger partial charge is 0.255 e. The molecule has 3 heterocycles. The zero-order valence-corrected chi connectivity index (χ0v) is 16.2. The quantitative estimate of drug-likeness (QED) is 0.849. The van der Waals surface area contributed by atoms with Gasteiger partial charge in [-0.2, -0.15) is 5.26 Å². The molecule has 0 aliphatic carbocycles. The van der Waals surface area contributed by atoms with Crippen LogP contribution in [-0.2, 0) is 10.3 Å². The van der Waals surface area contributed by atoms with Crippen LogP contribution in [0, 0.1) is 11.3 Å². The van der Waals surface area contributed by atoms with E-state index in [0.717, 1.165) is 18.7 Å². The van der Waals surface area contributed by atoms with Crippen molar-refractivity contribution in [3.05, 3.63) is 65.5 Å². The summed E-state index contributed by atoms with van der Waals surface area (Å²) in [6, 6.07) is 14.6. The molecule has 4 rings (SSSR count). The summed E-state index contributed by atoms with van der Waals surface area (Å²) in [5.74, 6) is -0.129. The summed E-state index contributed by atoms with van der Waals surface area (Å²) in [6.45, 7) is 3.56. The lowest BCUT2D eigenvalue weighted by Gasteiger charge is -2.50. The number of nitrogens with zero attached hydrogens (tertiary/aromatic N) is 4. The Morgan fingerprint density at radius 2 is 1.93 bits per heavy atom. The number of carbonyl (C=O) groups excluding carboxylic acids is 1. The van der Waals surface area contributed by atoms with Crippen molar-refractivity contribution in [2.24, 2.45) is 0 Å². The molecular weight excluding hydrogens is 368 g/mol. The number of benzene rings is 1. The van der Waals surface area contributed by atoms with Crippen LogP contribution in [0.4, 0.5) is 0 Å². The summed E-state index contributed by atoms with van der Waals surface area (Å²) in [5.41, 5.74) is 0.585. The third kappa shape index (κ3) is 3.87. The molecule has 29 heavy (non-hydrogen) atoms. The molecule has 2 aromatic rings. The van der Waals surface area contributed by atoms with E-state index in [1.54, 1.807) is 17.0 Å². The number of ether oxygens (including phenoxy) is 1. The summed E-state index contributed by atoms with van der Waals surface area (Å²) >= 11 is 0. The van der Waals surface area contributed by atoms with Gasteiger partial charge in [-0.25, -0.2) is 4.98 Å². The number of nitriles is 1. The van der Waals surface area contributed by atoms with Crippen LogP contribution in [0.15, 0.2) is 48.7 Å². The molecule has 2 atom stereocenters. The molecule has 0 radical (unpaired) electrons. The zero-order valence-electron chi connectivity index (χ0n) is 16.2. The fourth-order valence-corrected chi connectivity index (χ4v) is 4.25. The maximum Gasteiger partial charge on any atom is 0.255 e. The third-order valence-corrected chi connectivity index (χ3v) is 5.88. The Morgan fingerprint density at radius 1 is 1.17 bits per heavy atom. The number of hydrogen-bond acceptors (Lipinski definition) is 6. The highest BCUT2D eigenvalue weighted by atomic mass is 16.5. The molecular formula is C22H24N4O3. The van der Waals surface area contributed by atoms with Crippen LogP contribution in [0.2, 0.25) is 0 Å². The Kier molecular flexibility index (Phi) is 5.58. The standard InChI is InChI=1S/C22H24N4O3/c23-14-19-7-6-17(15-24-19)21(27)26-9-8-22(28,18-4-2-1-3-5-18)20(16-26)25-10-12-29-13-11-25/h1-7,15,20,28H,8-13,16H2/t20-,22+/m1/s1. The fraction of sp³-hybridized carbons (Fsp3) is 0.409. The maximum absolute atomic E-state index is 13.1. The molecule has 2 aliphatic rings. The molecule has 2 saturated heterocycles. The number of aliphatic hydroxyl groups is 1. The van der Waals surface area contributed by atoms with Gasteiger partial charge in [0.1, 0.15) is 17.4 Å². The number of aromatic nitrogens is 1. The Hall–Kier alpha value is -2.79. The van der Waals surface area contributed by atoms with Gasteiger partial charge in [-0.05, 0) is 24.1 Å². The molecule has 0 bridgehead atoms. The topological polar surface area (TPSA) is 89.7 Å². The number of morpholine rings is 1. The van der Waals surface area contributed by atoms with E-state index >= 15 is 0 Å². The first-order chi connectivity index (χ1) is 14.1. The average Bonchev–Trinajstić information content (AvgIpc) is 2.80. The molecule has 0 spiro atoms. The lowest BCUT2D eigenvalue weighted by atomic mass is 9.79. The molecule has 1 aromatic heterocycles. The largest absolute Gasteiger partial charge is 0.383 e. The van der Waals surface area contributed by atoms with Crippen LogP contribution in [0.5, 0.6) is 0 Å². The van der Waals surface area contributed by atoms with E-state index in [2.05, 4.69) is 9.88 Å². The number of carbonyl (C=O) groups is 1. The number of likely N-dealkylation sites (tertiary alicyclic amines) is 1. The van der Waals surface area contributed by atoms with Crippen LogP contribution < -0.4 is 0 Å². The van der Waals surface area contributed by atoms with E-state index < -0.39 is 5.60 Å². The predicted octanol–water partition coefficient (Wildman–Crippen LogP) is 1.39. The van der Waals surface area contributed by atoms with Crippen LogP contribution in [0.3, 0.4) is 0 Å². The van der Waals surface area contributed by atoms with E-state index in [1.807, 2.05) is 36.4 Å². The highest BCUT2D eigenvalue weighted by Crippen LogP contribution is 2.36. The highest BCUT2D eigenvalue weighted by Gasteiger charge is 2.47. The van der Waals surface area contributed by atoms with Gasteiger partial charge in [0.05, 0.1) is 24.8 Å². The molecule has 2 fully saturated rings. The number of hydrogen-bond donors (Lipinski definition) is 1. The van der Waals surface area contributed by atoms with Gasteiger partial charge in [0.15, 0.2) is 0 Å². The second kappa shape index (κ2) is 8.29. The Balaban J connectivity index is 1.60. The van der Waals surface area contributed by atoms with Crippen LogP contribution >= 0.6 is 0 Å². The molecule has 0 saturated carbocycles. The molecule has 1 aromatic carbocycles. The second-order valence-corrected chi connectivity index (χ2v) is 7.50. The van der Waals surface area contributed by atoms with Crippen molar-refractivity contribution in [3.8, 4) is 6.07 Å². The van der Waals surface area contributed by atoms with Crippen molar-refractivity contribution >= 4 is 5.91 Å². The minimum Gasteiger partial charge on any atom is -0.383 e. The minimum atomic E-state index is -1.03. The first kappa shape index (κ1) is 19.5. The Morgan fingerprint density at radius 3 is 2.59 bits per heavy atom. The van der Waals surface area contributed by atoms with Crippen LogP contribution in [0.25, 0.3) is 0 Å². The van der Waals surface area contributed by atoms with Crippen molar-refractivity contribution in [2.75, 3.05) is 39.4 Å². The fourth-order valence-electron chi connectivity index (χ4n) is 4.25. The van der Waals surface area contributed by atoms with Crippen molar-refractivity contribution in [1.82, 2.24) is 14.8 Å². The van der Waals surface area contributed by atoms with Gasteiger partial charge in [0, 0.05) is 32.4 Å². The molecule has 1 N–H and O–H groups in total. The van der Waals surface area contributed by atoms with Crippen molar-refractivity contribution in [3.63, 3.8) is 0 Å². The number of piperidine rings is 1. The Labute approximate surface area is 170 Å². The van der Waals surface area contributed by atoms with Crippen molar-refractivity contribution < 1.29 is 14.6 Å². The highest BCUT2D eigenvalue weighted by molar-refractivity contribution is 5.94. The van der Waals surface area contributed by atoms with Gasteiger partial charge in [-0.1, -0.05) is 30.3 Å². The minimum absolute atomic E-state index is 0.129. The summed E-state index contributed by atoms with van der Waals surface area (Å²) in [7, 11) is 0. The van der Waals surface area contributed by atoms with E-state index in [9.17, 15) is 9.90 Å². The third-order valence-electron chi connectivity index (χ3n) is 5.88. The lowest BCUT2D eigenvalue weighted by Crippen LogP contribution is -2.63. The monoisotopic (exact) mass is 392 g/mol. The molecule has 1 amide bonds. The van der Waals surface area contributed by atoms with Gasteiger partial charge >= 0.3 is 0 Å². The van der Waals surface area contributed by atoms with E-state index in [1.165, 1.54) is 6.20 Å². The van der Waals surface area contributed by atoms with E-state index in [-0.39, 0.29) is 17.6 Å². The van der Waals surface area contributed by atoms with Gasteiger partial charge in [0.2, 0.25) is 0 Å². The molecule has 7 heteroatoms. The summed E-state index contributed by atoms with van der Waals surface area (Å²) in [6.07, 6.45) is 1.90. The molecule has 2 aliphatic heterocycles. The summed E-state index contributed by atoms with van der Waals surface area (Å²) in [4.78, 5) is 21.1. The van der Waals surface area contributed by atoms with Gasteiger partial charge < -0.3 is 14.7 Å².